The smallest absolute Gasteiger partial charge is 0.242 e. The van der Waals surface area contributed by atoms with Crippen molar-refractivity contribution in [3.63, 3.8) is 0 Å². The summed E-state index contributed by atoms with van der Waals surface area (Å²) < 4.78 is 37.0. The van der Waals surface area contributed by atoms with E-state index in [1.165, 1.54) is 38.0 Å². The van der Waals surface area contributed by atoms with Crippen molar-refractivity contribution in [1.82, 2.24) is 4.31 Å². The van der Waals surface area contributed by atoms with Gasteiger partial charge in [-0.25, -0.2) is 12.7 Å². The van der Waals surface area contributed by atoms with Gasteiger partial charge in [-0.2, -0.15) is 0 Å². The molecule has 0 saturated heterocycles. The Balaban J connectivity index is 1.68. The molecule has 7 nitrogen and oxygen atoms in total. The highest BCUT2D eigenvalue weighted by Crippen LogP contribution is 2.35. The largest absolute Gasteiger partial charge is 0.490 e. The van der Waals surface area contributed by atoms with Crippen LogP contribution in [0.4, 0.5) is 5.69 Å². The van der Waals surface area contributed by atoms with E-state index in [9.17, 15) is 13.2 Å². The minimum Gasteiger partial charge on any atom is -0.490 e. The molecule has 29 heavy (non-hydrogen) atoms. The fourth-order valence-electron chi connectivity index (χ4n) is 2.66. The van der Waals surface area contributed by atoms with Crippen LogP contribution in [-0.4, -0.2) is 51.2 Å². The van der Waals surface area contributed by atoms with Crippen LogP contribution in [0.25, 0.3) is 0 Å². The van der Waals surface area contributed by atoms with Crippen LogP contribution < -0.4 is 14.8 Å². The minimum absolute atomic E-state index is 0.128. The summed E-state index contributed by atoms with van der Waals surface area (Å²) in [4.78, 5) is 13.6. The van der Waals surface area contributed by atoms with Crippen molar-refractivity contribution >= 4 is 33.4 Å². The Morgan fingerprint density at radius 1 is 1.10 bits per heavy atom. The topological polar surface area (TPSA) is 84.9 Å². The lowest BCUT2D eigenvalue weighted by Crippen LogP contribution is -2.24. The van der Waals surface area contributed by atoms with E-state index >= 15 is 0 Å². The Morgan fingerprint density at radius 3 is 2.55 bits per heavy atom. The van der Waals surface area contributed by atoms with E-state index in [0.717, 1.165) is 15.6 Å². The molecule has 0 aliphatic carbocycles. The van der Waals surface area contributed by atoms with Gasteiger partial charge in [-0.1, -0.05) is 6.07 Å². The van der Waals surface area contributed by atoms with Gasteiger partial charge in [-0.15, -0.1) is 11.8 Å². The van der Waals surface area contributed by atoms with Crippen molar-refractivity contribution in [2.75, 3.05) is 32.6 Å². The number of ether oxygens (including phenoxy) is 2. The third kappa shape index (κ3) is 5.23. The van der Waals surface area contributed by atoms with E-state index in [1.54, 1.807) is 19.1 Å². The summed E-state index contributed by atoms with van der Waals surface area (Å²) in [6, 6.07) is 11.8. The maximum Gasteiger partial charge on any atom is 0.242 e. The van der Waals surface area contributed by atoms with E-state index in [2.05, 4.69) is 5.32 Å². The number of thioether (sulfide) groups is 1. The number of nitrogens with zero attached hydrogens (tertiary/aromatic N) is 1. The highest BCUT2D eigenvalue weighted by molar-refractivity contribution is 8.00. The summed E-state index contributed by atoms with van der Waals surface area (Å²) >= 11 is 1.39. The molecule has 0 saturated carbocycles. The van der Waals surface area contributed by atoms with Crippen molar-refractivity contribution in [3.05, 3.63) is 42.5 Å². The lowest BCUT2D eigenvalue weighted by atomic mass is 10.3. The van der Waals surface area contributed by atoms with Gasteiger partial charge in [0.2, 0.25) is 15.9 Å². The Bertz CT molecular complexity index is 992. The molecular formula is C20H24N2O5S2. The molecule has 1 aliphatic heterocycles. The molecule has 1 N–H and O–H groups in total. The monoisotopic (exact) mass is 436 g/mol. The number of anilines is 1. The van der Waals surface area contributed by atoms with Crippen molar-refractivity contribution in [1.29, 1.82) is 0 Å². The fourth-order valence-corrected chi connectivity index (χ4v) is 4.51. The zero-order valence-electron chi connectivity index (χ0n) is 16.5. The average molecular weight is 437 g/mol. The number of carbonyl (C=O) groups excluding carboxylic acids is 1. The van der Waals surface area contributed by atoms with Crippen LogP contribution in [-0.2, 0) is 14.8 Å². The zero-order valence-corrected chi connectivity index (χ0v) is 18.2. The molecule has 9 heteroatoms. The van der Waals surface area contributed by atoms with E-state index in [4.69, 9.17) is 9.47 Å². The van der Waals surface area contributed by atoms with Crippen LogP contribution in [0.5, 0.6) is 11.5 Å². The Labute approximate surface area is 175 Å². The van der Waals surface area contributed by atoms with Gasteiger partial charge >= 0.3 is 0 Å². The van der Waals surface area contributed by atoms with Crippen LogP contribution in [0.15, 0.2) is 52.3 Å². The minimum atomic E-state index is -3.56. The molecule has 0 bridgehead atoms. The number of nitrogens with one attached hydrogen (secondary N) is 1. The Kier molecular flexibility index (Phi) is 6.71. The number of hydrogen-bond acceptors (Lipinski definition) is 6. The first-order valence-electron chi connectivity index (χ1n) is 9.17. The van der Waals surface area contributed by atoms with Crippen LogP contribution in [0.1, 0.15) is 13.3 Å². The predicted molar refractivity (Wildman–Crippen MR) is 113 cm³/mol. The lowest BCUT2D eigenvalue weighted by Gasteiger charge is -2.15. The molecule has 0 radical (unpaired) electrons. The summed E-state index contributed by atoms with van der Waals surface area (Å²) in [5.41, 5.74) is 0.434. The number of fused-ring (bicyclic) bond motifs is 1. The zero-order chi connectivity index (χ0) is 21.0. The molecule has 2 aromatic rings. The van der Waals surface area contributed by atoms with Gasteiger partial charge in [-0.05, 0) is 43.3 Å². The highest BCUT2D eigenvalue weighted by Gasteiger charge is 2.20. The number of carbonyl (C=O) groups is 1. The van der Waals surface area contributed by atoms with Gasteiger partial charge in [0.05, 0.1) is 23.4 Å². The number of sulfonamides is 1. The molecule has 1 unspecified atom stereocenters. The Hall–Kier alpha value is -2.23. The Morgan fingerprint density at radius 2 is 1.83 bits per heavy atom. The van der Waals surface area contributed by atoms with E-state index in [1.807, 2.05) is 18.2 Å². The average Bonchev–Trinajstić information content (AvgIpc) is 2.93. The molecular weight excluding hydrogens is 412 g/mol. The van der Waals surface area contributed by atoms with E-state index in [-0.39, 0.29) is 10.8 Å². The molecule has 0 aromatic heterocycles. The second-order valence-electron chi connectivity index (χ2n) is 6.72. The van der Waals surface area contributed by atoms with Crippen LogP contribution >= 0.6 is 11.8 Å². The normalized spacial score (nSPS) is 14.9. The molecule has 0 fully saturated rings. The summed E-state index contributed by atoms with van der Waals surface area (Å²) in [5.74, 6) is 1.17. The summed E-state index contributed by atoms with van der Waals surface area (Å²) in [6.45, 7) is 3.02. The number of rotatable bonds is 6. The maximum absolute atomic E-state index is 12.6. The van der Waals surface area contributed by atoms with Gasteiger partial charge in [0.1, 0.15) is 0 Å². The van der Waals surface area contributed by atoms with Crippen molar-refractivity contribution in [3.8, 4) is 11.5 Å². The maximum atomic E-state index is 12.6. The highest BCUT2D eigenvalue weighted by atomic mass is 32.2. The molecule has 1 aliphatic rings. The van der Waals surface area contributed by atoms with Crippen molar-refractivity contribution in [2.24, 2.45) is 0 Å². The van der Waals surface area contributed by atoms with Crippen molar-refractivity contribution in [2.45, 2.75) is 28.4 Å². The van der Waals surface area contributed by atoms with Crippen LogP contribution in [0, 0.1) is 0 Å². The standard InChI is InChI=1S/C20H24N2O5S2/c1-14(28-16-8-9-18-19(13-16)27-11-5-10-26-18)20(23)21-15-6-4-7-17(12-15)29(24,25)22(2)3/h4,6-9,12-14H,5,10-11H2,1-3H3,(H,21,23). The van der Waals surface area contributed by atoms with Gasteiger partial charge in [0.15, 0.2) is 11.5 Å². The summed E-state index contributed by atoms with van der Waals surface area (Å²) in [6.07, 6.45) is 0.832. The molecule has 2 aromatic carbocycles. The molecule has 3 rings (SSSR count). The van der Waals surface area contributed by atoms with E-state index < -0.39 is 15.3 Å². The van der Waals surface area contributed by atoms with E-state index in [0.29, 0.717) is 30.4 Å². The van der Waals surface area contributed by atoms with Gasteiger partial charge in [0, 0.05) is 31.1 Å². The molecule has 156 valence electrons. The predicted octanol–water partition coefficient (Wildman–Crippen LogP) is 3.22. The first-order chi connectivity index (χ1) is 13.8. The quantitative estimate of drug-likeness (QED) is 0.700. The van der Waals surface area contributed by atoms with Crippen molar-refractivity contribution < 1.29 is 22.7 Å². The summed E-state index contributed by atoms with van der Waals surface area (Å²) in [5, 5.41) is 2.39. The first-order valence-corrected chi connectivity index (χ1v) is 11.5. The second-order valence-corrected chi connectivity index (χ2v) is 10.3. The van der Waals surface area contributed by atoms with Crippen LogP contribution in [0.3, 0.4) is 0 Å². The van der Waals surface area contributed by atoms with Gasteiger partial charge < -0.3 is 14.8 Å². The molecule has 1 atom stereocenters. The molecule has 1 heterocycles. The third-order valence-electron chi connectivity index (χ3n) is 4.28. The first kappa shape index (κ1) is 21.5. The number of amides is 1. The SMILES string of the molecule is CC(Sc1ccc2c(c1)OCCCO2)C(=O)Nc1cccc(S(=O)(=O)N(C)C)c1. The van der Waals surface area contributed by atoms with Crippen LogP contribution in [0.2, 0.25) is 0 Å². The third-order valence-corrected chi connectivity index (χ3v) is 7.19. The summed E-state index contributed by atoms with van der Waals surface area (Å²) in [7, 11) is -0.631. The molecule has 0 spiro atoms. The molecule has 1 amide bonds. The fraction of sp³-hybridized carbons (Fsp3) is 0.350. The lowest BCUT2D eigenvalue weighted by molar-refractivity contribution is -0.115. The van der Waals surface area contributed by atoms with Gasteiger partial charge in [0.25, 0.3) is 0 Å². The van der Waals surface area contributed by atoms with Gasteiger partial charge in [-0.3, -0.25) is 4.79 Å². The number of benzene rings is 2. The second kappa shape index (κ2) is 9.06. The number of hydrogen-bond donors (Lipinski definition) is 1.